The molecule has 1 saturated carbocycles. The molecule has 0 radical (unpaired) electrons. The summed E-state index contributed by atoms with van der Waals surface area (Å²) in [6, 6.07) is 3.04. The monoisotopic (exact) mass is 310 g/mol. The first-order valence-electron chi connectivity index (χ1n) is 6.29. The molecule has 0 N–H and O–H groups in total. The molecule has 0 aromatic heterocycles. The zero-order valence-corrected chi connectivity index (χ0v) is 11.8. The molecule has 0 heterocycles. The highest BCUT2D eigenvalue weighted by molar-refractivity contribution is 9.10. The number of halogens is 2. The van der Waals surface area contributed by atoms with Crippen LogP contribution in [0.3, 0.4) is 0 Å². The van der Waals surface area contributed by atoms with Crippen molar-refractivity contribution in [3.05, 3.63) is 28.0 Å². The van der Waals surface area contributed by atoms with Crippen LogP contribution in [0.1, 0.15) is 37.7 Å². The first-order valence-corrected chi connectivity index (χ1v) is 7.08. The highest BCUT2D eigenvalue weighted by atomic mass is 79.9. The Kier molecular flexibility index (Phi) is 4.66. The second kappa shape index (κ2) is 6.24. The molecule has 0 bridgehead atoms. The lowest BCUT2D eigenvalue weighted by Crippen LogP contribution is -2.15. The van der Waals surface area contributed by atoms with Gasteiger partial charge in [-0.15, -0.1) is 6.42 Å². The Hall–Kier alpha value is -1.01. The van der Waals surface area contributed by atoms with Crippen molar-refractivity contribution < 1.29 is 9.13 Å². The van der Waals surface area contributed by atoms with E-state index in [1.54, 1.807) is 6.07 Å². The summed E-state index contributed by atoms with van der Waals surface area (Å²) in [7, 11) is 0. The Morgan fingerprint density at radius 3 is 2.67 bits per heavy atom. The Morgan fingerprint density at radius 1 is 1.33 bits per heavy atom. The lowest BCUT2D eigenvalue weighted by atomic mass is 9.90. The zero-order valence-electron chi connectivity index (χ0n) is 10.2. The molecule has 96 valence electrons. The molecule has 0 atom stereocenters. The van der Waals surface area contributed by atoms with E-state index in [1.165, 1.54) is 38.2 Å². The summed E-state index contributed by atoms with van der Waals surface area (Å²) in [5.41, 5.74) is 0.518. The molecule has 0 unspecified atom stereocenters. The molecule has 0 spiro atoms. The van der Waals surface area contributed by atoms with Crippen LogP contribution in [0.4, 0.5) is 4.39 Å². The van der Waals surface area contributed by atoms with Crippen molar-refractivity contribution in [1.29, 1.82) is 0 Å². The van der Waals surface area contributed by atoms with E-state index in [0.717, 1.165) is 0 Å². The molecule has 1 aliphatic carbocycles. The van der Waals surface area contributed by atoms with Gasteiger partial charge in [0, 0.05) is 5.56 Å². The predicted molar refractivity (Wildman–Crippen MR) is 74.1 cm³/mol. The Morgan fingerprint density at radius 2 is 2.06 bits per heavy atom. The van der Waals surface area contributed by atoms with Crippen LogP contribution in [0.2, 0.25) is 0 Å². The zero-order chi connectivity index (χ0) is 13.0. The molecule has 1 nitrogen and oxygen atoms in total. The van der Waals surface area contributed by atoms with E-state index in [9.17, 15) is 4.39 Å². The first-order chi connectivity index (χ1) is 8.70. The first kappa shape index (κ1) is 13.4. The summed E-state index contributed by atoms with van der Waals surface area (Å²) in [4.78, 5) is 0. The number of benzene rings is 1. The quantitative estimate of drug-likeness (QED) is 0.745. The van der Waals surface area contributed by atoms with Gasteiger partial charge in [0.1, 0.15) is 0 Å². The number of ether oxygens (including phenoxy) is 1. The van der Waals surface area contributed by atoms with Gasteiger partial charge in [0.05, 0.1) is 11.1 Å². The summed E-state index contributed by atoms with van der Waals surface area (Å²) in [5.74, 6) is 2.85. The van der Waals surface area contributed by atoms with E-state index in [-0.39, 0.29) is 5.75 Å². The van der Waals surface area contributed by atoms with Gasteiger partial charge < -0.3 is 4.74 Å². The van der Waals surface area contributed by atoms with Crippen LogP contribution in [0.15, 0.2) is 16.6 Å². The average Bonchev–Trinajstić information content (AvgIpc) is 2.38. The van der Waals surface area contributed by atoms with E-state index in [0.29, 0.717) is 22.6 Å². The van der Waals surface area contributed by atoms with E-state index in [2.05, 4.69) is 21.9 Å². The van der Waals surface area contributed by atoms with Gasteiger partial charge >= 0.3 is 0 Å². The van der Waals surface area contributed by atoms with E-state index < -0.39 is 5.82 Å². The second-order valence-corrected chi connectivity index (χ2v) is 5.58. The third kappa shape index (κ3) is 3.26. The smallest absolute Gasteiger partial charge is 0.169 e. The molecular weight excluding hydrogens is 295 g/mol. The summed E-state index contributed by atoms with van der Waals surface area (Å²) in [6.07, 6.45) is 11.4. The minimum Gasteiger partial charge on any atom is -0.489 e. The molecular formula is C15H16BrFO. The fourth-order valence-corrected chi connectivity index (χ4v) is 2.89. The number of rotatable bonds is 3. The fourth-order valence-electron chi connectivity index (χ4n) is 2.34. The molecule has 18 heavy (non-hydrogen) atoms. The summed E-state index contributed by atoms with van der Waals surface area (Å²) in [6.45, 7) is 0.588. The van der Waals surface area contributed by atoms with Crippen molar-refractivity contribution in [3.63, 3.8) is 0 Å². The maximum Gasteiger partial charge on any atom is 0.169 e. The second-order valence-electron chi connectivity index (χ2n) is 4.73. The topological polar surface area (TPSA) is 9.23 Å². The maximum atomic E-state index is 13.8. The Balaban J connectivity index is 2.02. The third-order valence-corrected chi connectivity index (χ3v) is 3.94. The summed E-state index contributed by atoms with van der Waals surface area (Å²) in [5, 5.41) is 0. The van der Waals surface area contributed by atoms with Crippen molar-refractivity contribution in [2.45, 2.75) is 32.1 Å². The molecule has 1 aliphatic rings. The van der Waals surface area contributed by atoms with Crippen molar-refractivity contribution in [1.82, 2.24) is 0 Å². The van der Waals surface area contributed by atoms with Crippen LogP contribution in [0.5, 0.6) is 5.75 Å². The van der Waals surface area contributed by atoms with Crippen LogP contribution in [-0.4, -0.2) is 6.61 Å². The van der Waals surface area contributed by atoms with Crippen molar-refractivity contribution in [3.8, 4) is 18.1 Å². The van der Waals surface area contributed by atoms with Crippen LogP contribution >= 0.6 is 15.9 Å². The molecule has 2 rings (SSSR count). The molecule has 0 aliphatic heterocycles. The normalized spacial score (nSPS) is 16.3. The van der Waals surface area contributed by atoms with Gasteiger partial charge in [-0.2, -0.15) is 0 Å². The SMILES string of the molecule is C#Cc1cc(F)c(OCC2CCCCC2)c(Br)c1. The van der Waals surface area contributed by atoms with E-state index in [1.807, 2.05) is 0 Å². The van der Waals surface area contributed by atoms with Crippen LogP contribution in [-0.2, 0) is 0 Å². The maximum absolute atomic E-state index is 13.8. The van der Waals surface area contributed by atoms with E-state index >= 15 is 0 Å². The minimum absolute atomic E-state index is 0.277. The highest BCUT2D eigenvalue weighted by Gasteiger charge is 2.16. The van der Waals surface area contributed by atoms with Gasteiger partial charge in [0.15, 0.2) is 11.6 Å². The Labute approximate surface area is 116 Å². The molecule has 1 aromatic rings. The predicted octanol–water partition coefficient (Wildman–Crippen LogP) is 4.53. The van der Waals surface area contributed by atoms with Crippen molar-refractivity contribution in [2.24, 2.45) is 5.92 Å². The lowest BCUT2D eigenvalue weighted by molar-refractivity contribution is 0.201. The lowest BCUT2D eigenvalue weighted by Gasteiger charge is -2.22. The van der Waals surface area contributed by atoms with Gasteiger partial charge in [-0.05, 0) is 46.8 Å². The largest absolute Gasteiger partial charge is 0.489 e. The highest BCUT2D eigenvalue weighted by Crippen LogP contribution is 2.31. The van der Waals surface area contributed by atoms with E-state index in [4.69, 9.17) is 11.2 Å². The third-order valence-electron chi connectivity index (χ3n) is 3.35. The van der Waals surface area contributed by atoms with Gasteiger partial charge in [-0.1, -0.05) is 25.2 Å². The number of terminal acetylenes is 1. The van der Waals surface area contributed by atoms with Crippen LogP contribution in [0, 0.1) is 24.1 Å². The fraction of sp³-hybridized carbons (Fsp3) is 0.467. The average molecular weight is 311 g/mol. The van der Waals surface area contributed by atoms with Gasteiger partial charge in [0.2, 0.25) is 0 Å². The van der Waals surface area contributed by atoms with Crippen LogP contribution < -0.4 is 4.74 Å². The molecule has 0 saturated heterocycles. The van der Waals surface area contributed by atoms with Gasteiger partial charge in [0.25, 0.3) is 0 Å². The standard InChI is InChI=1S/C15H16BrFO/c1-2-11-8-13(16)15(14(17)9-11)18-10-12-6-4-3-5-7-12/h1,8-9,12H,3-7,10H2. The number of hydrogen-bond donors (Lipinski definition) is 0. The molecule has 3 heteroatoms. The van der Waals surface area contributed by atoms with Gasteiger partial charge in [-0.3, -0.25) is 0 Å². The molecule has 1 fully saturated rings. The van der Waals surface area contributed by atoms with Crippen LogP contribution in [0.25, 0.3) is 0 Å². The Bertz CT molecular complexity index is 435. The van der Waals surface area contributed by atoms with Crippen molar-refractivity contribution in [2.75, 3.05) is 6.61 Å². The van der Waals surface area contributed by atoms with Crippen molar-refractivity contribution >= 4 is 15.9 Å². The molecule has 1 aromatic carbocycles. The summed E-state index contributed by atoms with van der Waals surface area (Å²) < 4.78 is 20.0. The molecule has 0 amide bonds. The summed E-state index contributed by atoms with van der Waals surface area (Å²) >= 11 is 3.30. The number of hydrogen-bond acceptors (Lipinski definition) is 1. The van der Waals surface area contributed by atoms with Gasteiger partial charge in [-0.25, -0.2) is 4.39 Å². The minimum atomic E-state index is -0.395.